The molecule has 1 heterocycles. The fraction of sp³-hybridized carbons (Fsp3) is 0.778. The molecule has 5 nitrogen and oxygen atoms in total. The van der Waals surface area contributed by atoms with E-state index in [1.54, 1.807) is 0 Å². The van der Waals surface area contributed by atoms with Crippen LogP contribution in [-0.4, -0.2) is 33.9 Å². The Kier molecular flexibility index (Phi) is 7.26. The lowest BCUT2D eigenvalue weighted by molar-refractivity contribution is 0.0931. The molecule has 0 aliphatic carbocycles. The van der Waals surface area contributed by atoms with Crippen LogP contribution < -0.4 is 5.32 Å². The number of hydrogen-bond acceptors (Lipinski definition) is 3. The van der Waals surface area contributed by atoms with Gasteiger partial charge in [-0.2, -0.15) is 5.10 Å². The molecule has 132 valence electrons. The highest BCUT2D eigenvalue weighted by atomic mass is 16.3. The van der Waals surface area contributed by atoms with Crippen molar-refractivity contribution in [3.63, 3.8) is 0 Å². The summed E-state index contributed by atoms with van der Waals surface area (Å²) in [6, 6.07) is 1.90. The van der Waals surface area contributed by atoms with Gasteiger partial charge in [-0.05, 0) is 30.7 Å². The minimum Gasteiger partial charge on any atom is -0.396 e. The Hall–Kier alpha value is -1.36. The molecule has 0 spiro atoms. The fourth-order valence-electron chi connectivity index (χ4n) is 2.21. The summed E-state index contributed by atoms with van der Waals surface area (Å²) in [5.41, 5.74) is 1.46. The molecule has 0 saturated heterocycles. The van der Waals surface area contributed by atoms with Crippen molar-refractivity contribution >= 4 is 5.91 Å². The summed E-state index contributed by atoms with van der Waals surface area (Å²) in [4.78, 5) is 12.5. The van der Waals surface area contributed by atoms with Crippen LogP contribution in [0.3, 0.4) is 0 Å². The first-order valence-electron chi connectivity index (χ1n) is 8.62. The molecule has 0 saturated carbocycles. The third-order valence-corrected chi connectivity index (χ3v) is 3.86. The van der Waals surface area contributed by atoms with Crippen molar-refractivity contribution in [1.82, 2.24) is 15.1 Å². The molecule has 0 fully saturated rings. The normalized spacial score (nSPS) is 13.4. The van der Waals surface area contributed by atoms with Crippen molar-refractivity contribution in [3.8, 4) is 0 Å². The molecule has 1 aromatic rings. The molecular weight excluding hydrogens is 290 g/mol. The molecular formula is C18H33N3O2. The minimum absolute atomic E-state index is 0.0540. The fourth-order valence-corrected chi connectivity index (χ4v) is 2.21. The second-order valence-electron chi connectivity index (χ2n) is 7.92. The van der Waals surface area contributed by atoms with Crippen molar-refractivity contribution in [2.24, 2.45) is 11.8 Å². The maximum absolute atomic E-state index is 12.5. The number of amides is 1. The SMILES string of the molecule is CC(C)CCCn1nc(C(C)(C)C)cc1C(=O)NCC(C)CO. The third kappa shape index (κ3) is 6.34. The average molecular weight is 323 g/mol. The van der Waals surface area contributed by atoms with Gasteiger partial charge in [0, 0.05) is 25.1 Å². The molecule has 0 aromatic carbocycles. The number of aliphatic hydroxyl groups excluding tert-OH is 1. The van der Waals surface area contributed by atoms with Crippen molar-refractivity contribution < 1.29 is 9.90 Å². The monoisotopic (exact) mass is 323 g/mol. The molecule has 2 N–H and O–H groups in total. The first kappa shape index (κ1) is 19.7. The largest absolute Gasteiger partial charge is 0.396 e. The van der Waals surface area contributed by atoms with E-state index in [9.17, 15) is 4.79 Å². The lowest BCUT2D eigenvalue weighted by Gasteiger charge is -2.14. The van der Waals surface area contributed by atoms with Gasteiger partial charge in [-0.15, -0.1) is 0 Å². The number of aliphatic hydroxyl groups is 1. The molecule has 0 aliphatic heterocycles. The van der Waals surface area contributed by atoms with E-state index < -0.39 is 0 Å². The summed E-state index contributed by atoms with van der Waals surface area (Å²) in [6.07, 6.45) is 2.13. The zero-order valence-electron chi connectivity index (χ0n) is 15.5. The van der Waals surface area contributed by atoms with E-state index in [1.807, 2.05) is 17.7 Å². The quantitative estimate of drug-likeness (QED) is 0.773. The number of carbonyl (C=O) groups excluding carboxylic acids is 1. The maximum Gasteiger partial charge on any atom is 0.269 e. The Labute approximate surface area is 140 Å². The standard InChI is InChI=1S/C18H33N3O2/c1-13(2)8-7-9-21-15(10-16(20-21)18(4,5)6)17(23)19-11-14(3)12-22/h10,13-14,22H,7-9,11-12H2,1-6H3,(H,19,23). The lowest BCUT2D eigenvalue weighted by atomic mass is 9.92. The molecule has 0 radical (unpaired) electrons. The molecule has 5 heteroatoms. The summed E-state index contributed by atoms with van der Waals surface area (Å²) >= 11 is 0. The van der Waals surface area contributed by atoms with Crippen LogP contribution >= 0.6 is 0 Å². The summed E-state index contributed by atoms with van der Waals surface area (Å²) in [6.45, 7) is 13.9. The zero-order chi connectivity index (χ0) is 17.6. The smallest absolute Gasteiger partial charge is 0.269 e. The molecule has 1 amide bonds. The number of hydrogen-bond donors (Lipinski definition) is 2. The maximum atomic E-state index is 12.5. The average Bonchev–Trinajstić information content (AvgIpc) is 2.88. The number of nitrogens with zero attached hydrogens (tertiary/aromatic N) is 2. The van der Waals surface area contributed by atoms with Crippen molar-refractivity contribution in [2.45, 2.75) is 66.3 Å². The van der Waals surface area contributed by atoms with E-state index in [0.717, 1.165) is 25.1 Å². The van der Waals surface area contributed by atoms with Crippen molar-refractivity contribution in [1.29, 1.82) is 0 Å². The number of nitrogens with one attached hydrogen (secondary N) is 1. The van der Waals surface area contributed by atoms with E-state index in [1.165, 1.54) is 0 Å². The number of aryl methyl sites for hydroxylation is 1. The van der Waals surface area contributed by atoms with Crippen molar-refractivity contribution in [3.05, 3.63) is 17.5 Å². The highest BCUT2D eigenvalue weighted by molar-refractivity contribution is 5.92. The summed E-state index contributed by atoms with van der Waals surface area (Å²) < 4.78 is 1.84. The van der Waals surface area contributed by atoms with Crippen LogP contribution in [0.1, 0.15) is 70.6 Å². The van der Waals surface area contributed by atoms with E-state index in [-0.39, 0.29) is 23.8 Å². The summed E-state index contributed by atoms with van der Waals surface area (Å²) in [5.74, 6) is 0.589. The molecule has 1 aromatic heterocycles. The number of aromatic nitrogens is 2. The predicted octanol–water partition coefficient (Wildman–Crippen LogP) is 2.98. The first-order valence-corrected chi connectivity index (χ1v) is 8.62. The van der Waals surface area contributed by atoms with Gasteiger partial charge in [0.2, 0.25) is 0 Å². The number of carbonyl (C=O) groups is 1. The second kappa shape index (κ2) is 8.48. The van der Waals surface area contributed by atoms with Crippen LogP contribution in [0.15, 0.2) is 6.07 Å². The van der Waals surface area contributed by atoms with Gasteiger partial charge >= 0.3 is 0 Å². The van der Waals surface area contributed by atoms with Crippen LogP contribution in [0.4, 0.5) is 0 Å². The van der Waals surface area contributed by atoms with E-state index in [4.69, 9.17) is 5.11 Å². The van der Waals surface area contributed by atoms with Gasteiger partial charge in [-0.3, -0.25) is 9.48 Å². The van der Waals surface area contributed by atoms with Gasteiger partial charge in [-0.25, -0.2) is 0 Å². The lowest BCUT2D eigenvalue weighted by Crippen LogP contribution is -2.31. The van der Waals surface area contributed by atoms with Crippen LogP contribution in [0.25, 0.3) is 0 Å². The molecule has 1 unspecified atom stereocenters. The Morgan fingerprint density at radius 3 is 2.52 bits per heavy atom. The second-order valence-corrected chi connectivity index (χ2v) is 7.92. The topological polar surface area (TPSA) is 67.2 Å². The van der Waals surface area contributed by atoms with Crippen LogP contribution in [0.5, 0.6) is 0 Å². The molecule has 1 atom stereocenters. The minimum atomic E-state index is -0.113. The van der Waals surface area contributed by atoms with E-state index in [0.29, 0.717) is 18.2 Å². The Morgan fingerprint density at radius 1 is 1.35 bits per heavy atom. The Bertz CT molecular complexity index is 501. The van der Waals surface area contributed by atoms with Crippen LogP contribution in [0.2, 0.25) is 0 Å². The zero-order valence-corrected chi connectivity index (χ0v) is 15.5. The first-order chi connectivity index (χ1) is 10.6. The summed E-state index contributed by atoms with van der Waals surface area (Å²) in [5, 5.41) is 16.6. The highest BCUT2D eigenvalue weighted by Crippen LogP contribution is 2.22. The van der Waals surface area contributed by atoms with E-state index in [2.05, 4.69) is 45.0 Å². The van der Waals surface area contributed by atoms with Gasteiger partial charge in [0.1, 0.15) is 5.69 Å². The van der Waals surface area contributed by atoms with Gasteiger partial charge < -0.3 is 10.4 Å². The molecule has 0 bridgehead atoms. The van der Waals surface area contributed by atoms with Gasteiger partial charge in [0.25, 0.3) is 5.91 Å². The van der Waals surface area contributed by atoms with E-state index >= 15 is 0 Å². The highest BCUT2D eigenvalue weighted by Gasteiger charge is 2.23. The number of rotatable bonds is 8. The van der Waals surface area contributed by atoms with Gasteiger partial charge in [0.15, 0.2) is 0 Å². The Balaban J connectivity index is 2.88. The predicted molar refractivity (Wildman–Crippen MR) is 93.6 cm³/mol. The van der Waals surface area contributed by atoms with Gasteiger partial charge in [0.05, 0.1) is 5.69 Å². The van der Waals surface area contributed by atoms with Crippen molar-refractivity contribution in [2.75, 3.05) is 13.2 Å². The molecule has 1 rings (SSSR count). The van der Waals surface area contributed by atoms with Crippen LogP contribution in [0, 0.1) is 11.8 Å². The van der Waals surface area contributed by atoms with Crippen LogP contribution in [-0.2, 0) is 12.0 Å². The third-order valence-electron chi connectivity index (χ3n) is 3.86. The molecule has 0 aliphatic rings. The summed E-state index contributed by atoms with van der Waals surface area (Å²) in [7, 11) is 0. The molecule has 23 heavy (non-hydrogen) atoms. The Morgan fingerprint density at radius 2 is 2.00 bits per heavy atom. The van der Waals surface area contributed by atoms with Gasteiger partial charge in [-0.1, -0.05) is 41.5 Å².